The Bertz CT molecular complexity index is 1180. The highest BCUT2D eigenvalue weighted by Crippen LogP contribution is 2.54. The number of nitrogens with one attached hydrogen (secondary N) is 2. The van der Waals surface area contributed by atoms with Crippen LogP contribution in [0.1, 0.15) is 36.5 Å². The molecule has 0 bridgehead atoms. The zero-order valence-corrected chi connectivity index (χ0v) is 18.9. The SMILES string of the molecule is CCc1cccc2c1NC(=O)[C@]21N[C@H](CCC(=O)O)[C@H]2C(=O)N(CCc3ccccc3)C(=O)[C@H]21. The second kappa shape index (κ2) is 8.36. The van der Waals surface area contributed by atoms with Crippen LogP contribution < -0.4 is 10.6 Å². The number of amides is 3. The van der Waals surface area contributed by atoms with Crippen molar-refractivity contribution in [3.05, 3.63) is 65.2 Å². The molecule has 3 N–H and O–H groups in total. The summed E-state index contributed by atoms with van der Waals surface area (Å²) in [6.07, 6.45) is 1.21. The normalized spacial score (nSPS) is 27.3. The molecular formula is C26H27N3O5. The molecule has 0 aromatic heterocycles. The molecule has 2 fully saturated rings. The summed E-state index contributed by atoms with van der Waals surface area (Å²) in [5.41, 5.74) is 1.92. The van der Waals surface area contributed by atoms with Crippen molar-refractivity contribution < 1.29 is 24.3 Å². The summed E-state index contributed by atoms with van der Waals surface area (Å²) in [6.45, 7) is 2.21. The van der Waals surface area contributed by atoms with Gasteiger partial charge in [-0.1, -0.05) is 55.5 Å². The molecule has 2 saturated heterocycles. The Morgan fingerprint density at radius 3 is 2.53 bits per heavy atom. The molecule has 176 valence electrons. The summed E-state index contributed by atoms with van der Waals surface area (Å²) in [5.74, 6) is -3.75. The van der Waals surface area contributed by atoms with Gasteiger partial charge in [-0.05, 0) is 30.4 Å². The van der Waals surface area contributed by atoms with E-state index in [2.05, 4.69) is 10.6 Å². The molecule has 2 aromatic carbocycles. The molecule has 4 atom stereocenters. The maximum absolute atomic E-state index is 13.7. The molecule has 0 aliphatic carbocycles. The predicted octanol–water partition coefficient (Wildman–Crippen LogP) is 2.08. The van der Waals surface area contributed by atoms with Crippen LogP contribution in [0.3, 0.4) is 0 Å². The molecule has 8 heteroatoms. The van der Waals surface area contributed by atoms with Crippen LogP contribution in [0.15, 0.2) is 48.5 Å². The molecule has 3 aliphatic heterocycles. The van der Waals surface area contributed by atoms with Gasteiger partial charge in [0.25, 0.3) is 0 Å². The molecule has 0 unspecified atom stereocenters. The number of carboxylic acids is 1. The van der Waals surface area contributed by atoms with Crippen molar-refractivity contribution in [2.24, 2.45) is 11.8 Å². The average Bonchev–Trinajstić information content (AvgIpc) is 3.41. The van der Waals surface area contributed by atoms with Crippen molar-refractivity contribution in [2.45, 2.75) is 44.2 Å². The average molecular weight is 462 g/mol. The molecule has 3 amide bonds. The first-order valence-electron chi connectivity index (χ1n) is 11.7. The Morgan fingerprint density at radius 1 is 1.06 bits per heavy atom. The second-order valence-corrected chi connectivity index (χ2v) is 9.21. The van der Waals surface area contributed by atoms with Gasteiger partial charge in [0.15, 0.2) is 0 Å². The Hall–Kier alpha value is -3.52. The monoisotopic (exact) mass is 461 g/mol. The van der Waals surface area contributed by atoms with Crippen LogP contribution in [0.5, 0.6) is 0 Å². The van der Waals surface area contributed by atoms with E-state index in [1.807, 2.05) is 55.5 Å². The van der Waals surface area contributed by atoms with Gasteiger partial charge < -0.3 is 10.4 Å². The molecule has 3 aliphatic rings. The Kier molecular flexibility index (Phi) is 5.48. The van der Waals surface area contributed by atoms with Crippen molar-refractivity contribution in [1.82, 2.24) is 10.2 Å². The minimum Gasteiger partial charge on any atom is -0.481 e. The number of imide groups is 1. The first-order valence-corrected chi connectivity index (χ1v) is 11.7. The molecule has 8 nitrogen and oxygen atoms in total. The van der Waals surface area contributed by atoms with Gasteiger partial charge in [-0.3, -0.25) is 29.4 Å². The van der Waals surface area contributed by atoms with E-state index in [1.165, 1.54) is 4.90 Å². The third-order valence-electron chi connectivity index (χ3n) is 7.44. The number of aryl methyl sites for hydroxylation is 1. The van der Waals surface area contributed by atoms with Crippen molar-refractivity contribution in [2.75, 3.05) is 11.9 Å². The number of carbonyl (C=O) groups excluding carboxylic acids is 3. The number of carbonyl (C=O) groups is 4. The summed E-state index contributed by atoms with van der Waals surface area (Å²) in [4.78, 5) is 53.4. The molecular weight excluding hydrogens is 434 g/mol. The number of para-hydroxylation sites is 1. The van der Waals surface area contributed by atoms with E-state index in [0.717, 1.165) is 11.1 Å². The van der Waals surface area contributed by atoms with Crippen molar-refractivity contribution in [3.63, 3.8) is 0 Å². The standard InChI is InChI=1S/C26H27N3O5/c1-2-16-9-6-10-17-22(16)27-25(34)26(17)21-20(18(28-26)11-12-19(30)31)23(32)29(24(21)33)14-13-15-7-4-3-5-8-15/h3-10,18,20-21,28H,2,11-14H2,1H3,(H,27,34)(H,30,31)/t18-,20-,21+,26+/m1/s1. The highest BCUT2D eigenvalue weighted by molar-refractivity contribution is 6.15. The van der Waals surface area contributed by atoms with Crippen molar-refractivity contribution in [3.8, 4) is 0 Å². The van der Waals surface area contributed by atoms with Crippen LogP contribution in [-0.2, 0) is 37.6 Å². The second-order valence-electron chi connectivity index (χ2n) is 9.21. The summed E-state index contributed by atoms with van der Waals surface area (Å²) >= 11 is 0. The fourth-order valence-electron chi connectivity index (χ4n) is 5.88. The molecule has 1 spiro atoms. The van der Waals surface area contributed by atoms with Crippen LogP contribution in [0.2, 0.25) is 0 Å². The fraction of sp³-hybridized carbons (Fsp3) is 0.385. The molecule has 2 aromatic rings. The Labute approximate surface area is 197 Å². The molecule has 0 radical (unpaired) electrons. The molecule has 0 saturated carbocycles. The zero-order valence-electron chi connectivity index (χ0n) is 18.9. The highest BCUT2D eigenvalue weighted by atomic mass is 16.4. The lowest BCUT2D eigenvalue weighted by molar-refractivity contribution is -0.143. The lowest BCUT2D eigenvalue weighted by Gasteiger charge is -2.29. The van der Waals surface area contributed by atoms with Gasteiger partial charge in [0, 0.05) is 30.3 Å². The van der Waals surface area contributed by atoms with E-state index >= 15 is 0 Å². The molecule has 34 heavy (non-hydrogen) atoms. The number of rotatable bonds is 7. The number of anilines is 1. The van der Waals surface area contributed by atoms with Crippen LogP contribution >= 0.6 is 0 Å². The number of hydrogen-bond acceptors (Lipinski definition) is 5. The minimum absolute atomic E-state index is 0.153. The van der Waals surface area contributed by atoms with Gasteiger partial charge >= 0.3 is 5.97 Å². The lowest BCUT2D eigenvalue weighted by Crippen LogP contribution is -2.53. The summed E-state index contributed by atoms with van der Waals surface area (Å²) in [6, 6.07) is 14.6. The number of likely N-dealkylation sites (tertiary alicyclic amines) is 1. The van der Waals surface area contributed by atoms with Gasteiger partial charge in [0.2, 0.25) is 17.7 Å². The Morgan fingerprint density at radius 2 is 1.82 bits per heavy atom. The number of benzene rings is 2. The molecule has 5 rings (SSSR count). The number of fused-ring (bicyclic) bond motifs is 4. The van der Waals surface area contributed by atoms with Crippen LogP contribution in [0, 0.1) is 11.8 Å². The smallest absolute Gasteiger partial charge is 0.303 e. The van der Waals surface area contributed by atoms with Crippen molar-refractivity contribution >= 4 is 29.4 Å². The first-order chi connectivity index (χ1) is 16.4. The number of nitrogens with zero attached hydrogens (tertiary/aromatic N) is 1. The van der Waals surface area contributed by atoms with Gasteiger partial charge in [-0.25, -0.2) is 0 Å². The maximum Gasteiger partial charge on any atom is 0.303 e. The minimum atomic E-state index is -1.39. The third kappa shape index (κ3) is 3.24. The fourth-order valence-corrected chi connectivity index (χ4v) is 5.88. The summed E-state index contributed by atoms with van der Waals surface area (Å²) in [5, 5.41) is 15.5. The number of hydrogen-bond donors (Lipinski definition) is 3. The number of aliphatic carboxylic acids is 1. The van der Waals surface area contributed by atoms with E-state index in [1.54, 1.807) is 0 Å². The van der Waals surface area contributed by atoms with E-state index < -0.39 is 29.4 Å². The van der Waals surface area contributed by atoms with Gasteiger partial charge in [0.05, 0.1) is 11.8 Å². The highest BCUT2D eigenvalue weighted by Gasteiger charge is 2.70. The summed E-state index contributed by atoms with van der Waals surface area (Å²) in [7, 11) is 0. The summed E-state index contributed by atoms with van der Waals surface area (Å²) < 4.78 is 0. The first kappa shape index (κ1) is 22.3. The quantitative estimate of drug-likeness (QED) is 0.544. The van der Waals surface area contributed by atoms with Crippen LogP contribution in [-0.4, -0.2) is 46.3 Å². The largest absolute Gasteiger partial charge is 0.481 e. The predicted molar refractivity (Wildman–Crippen MR) is 124 cm³/mol. The van der Waals surface area contributed by atoms with Crippen LogP contribution in [0.4, 0.5) is 5.69 Å². The third-order valence-corrected chi connectivity index (χ3v) is 7.44. The molecule has 3 heterocycles. The van der Waals surface area contributed by atoms with Crippen molar-refractivity contribution in [1.29, 1.82) is 0 Å². The lowest BCUT2D eigenvalue weighted by atomic mass is 9.76. The van der Waals surface area contributed by atoms with Gasteiger partial charge in [-0.2, -0.15) is 0 Å². The van der Waals surface area contributed by atoms with E-state index in [4.69, 9.17) is 0 Å². The van der Waals surface area contributed by atoms with E-state index in [9.17, 15) is 24.3 Å². The van der Waals surface area contributed by atoms with Crippen LogP contribution in [0.25, 0.3) is 0 Å². The van der Waals surface area contributed by atoms with Gasteiger partial charge in [0.1, 0.15) is 5.54 Å². The number of carboxylic acid groups (broad SMARTS) is 1. The van der Waals surface area contributed by atoms with E-state index in [-0.39, 0.29) is 37.1 Å². The Balaban J connectivity index is 1.54. The maximum atomic E-state index is 13.7. The van der Waals surface area contributed by atoms with E-state index in [0.29, 0.717) is 24.1 Å². The topological polar surface area (TPSA) is 116 Å². The zero-order chi connectivity index (χ0) is 24.0. The van der Waals surface area contributed by atoms with Gasteiger partial charge in [-0.15, -0.1) is 0 Å².